The van der Waals surface area contributed by atoms with Gasteiger partial charge < -0.3 is 4.74 Å². The van der Waals surface area contributed by atoms with E-state index in [1.807, 2.05) is 0 Å². The molecule has 2 rings (SSSR count). The van der Waals surface area contributed by atoms with Gasteiger partial charge in [0, 0.05) is 6.07 Å². The highest BCUT2D eigenvalue weighted by molar-refractivity contribution is 9.10. The molecule has 0 aliphatic rings. The van der Waals surface area contributed by atoms with Crippen LogP contribution in [-0.4, -0.2) is 10.7 Å². The fourth-order valence-electron chi connectivity index (χ4n) is 1.73. The standard InChI is InChI=1S/C14H9BrFNO4/c1-8(18)9-4-2-6-11(16)13(9)21-14-10(15)5-3-7-12(14)17(19)20/h2-7H,1H3. The number of carbonyl (C=O) groups is 1. The maximum absolute atomic E-state index is 13.9. The molecule has 0 saturated carbocycles. The zero-order valence-corrected chi connectivity index (χ0v) is 12.4. The molecule has 0 spiro atoms. The summed E-state index contributed by atoms with van der Waals surface area (Å²) in [5, 5.41) is 11.0. The lowest BCUT2D eigenvalue weighted by Gasteiger charge is -2.11. The number of carbonyl (C=O) groups excluding carboxylic acids is 1. The minimum absolute atomic E-state index is 0.0139. The molecule has 0 atom stereocenters. The SMILES string of the molecule is CC(=O)c1cccc(F)c1Oc1c(Br)cccc1[N+](=O)[O-]. The van der Waals surface area contributed by atoms with Gasteiger partial charge in [0.1, 0.15) is 0 Å². The second kappa shape index (κ2) is 6.01. The zero-order valence-electron chi connectivity index (χ0n) is 10.8. The van der Waals surface area contributed by atoms with Crippen LogP contribution in [0.25, 0.3) is 0 Å². The predicted octanol–water partition coefficient (Wildman–Crippen LogP) is 4.49. The minimum atomic E-state index is -0.771. The number of ketones is 1. The van der Waals surface area contributed by atoms with Gasteiger partial charge in [0.2, 0.25) is 5.75 Å². The van der Waals surface area contributed by atoms with Crippen LogP contribution >= 0.6 is 15.9 Å². The molecule has 0 saturated heterocycles. The van der Waals surface area contributed by atoms with Crippen LogP contribution in [0, 0.1) is 15.9 Å². The molecule has 0 aliphatic heterocycles. The number of nitro benzene ring substituents is 1. The molecule has 7 heteroatoms. The second-order valence-electron chi connectivity index (χ2n) is 4.12. The number of hydrogen-bond acceptors (Lipinski definition) is 4. The third kappa shape index (κ3) is 3.08. The Balaban J connectivity index is 2.59. The Hall–Kier alpha value is -2.28. The molecule has 2 aromatic rings. The Kier molecular flexibility index (Phi) is 4.32. The topological polar surface area (TPSA) is 69.4 Å². The summed E-state index contributed by atoms with van der Waals surface area (Å²) in [5.41, 5.74) is -0.317. The first kappa shape index (κ1) is 15.1. The molecular weight excluding hydrogens is 345 g/mol. The smallest absolute Gasteiger partial charge is 0.312 e. The largest absolute Gasteiger partial charge is 0.445 e. The predicted molar refractivity (Wildman–Crippen MR) is 77.3 cm³/mol. The van der Waals surface area contributed by atoms with Crippen LogP contribution in [-0.2, 0) is 0 Å². The van der Waals surface area contributed by atoms with Gasteiger partial charge in [-0.3, -0.25) is 14.9 Å². The lowest BCUT2D eigenvalue weighted by molar-refractivity contribution is -0.385. The molecule has 0 N–H and O–H groups in total. The van der Waals surface area contributed by atoms with Crippen molar-refractivity contribution in [2.24, 2.45) is 0 Å². The van der Waals surface area contributed by atoms with E-state index in [9.17, 15) is 19.3 Å². The Bertz CT molecular complexity index is 671. The molecule has 0 aliphatic carbocycles. The van der Waals surface area contributed by atoms with E-state index in [0.29, 0.717) is 0 Å². The van der Waals surface area contributed by atoms with Crippen LogP contribution in [0.3, 0.4) is 0 Å². The summed E-state index contributed by atoms with van der Waals surface area (Å²) in [6, 6.07) is 8.09. The summed E-state index contributed by atoms with van der Waals surface area (Å²) >= 11 is 3.12. The van der Waals surface area contributed by atoms with Crippen LogP contribution in [0.1, 0.15) is 17.3 Å². The molecule has 108 valence electrons. The van der Waals surface area contributed by atoms with Gasteiger partial charge in [-0.2, -0.15) is 0 Å². The quantitative estimate of drug-likeness (QED) is 0.461. The number of para-hydroxylation sites is 2. The lowest BCUT2D eigenvalue weighted by Crippen LogP contribution is -2.01. The van der Waals surface area contributed by atoms with Gasteiger partial charge in [-0.15, -0.1) is 0 Å². The molecule has 0 heterocycles. The van der Waals surface area contributed by atoms with Crippen LogP contribution in [0.2, 0.25) is 0 Å². The van der Waals surface area contributed by atoms with Crippen molar-refractivity contribution in [2.45, 2.75) is 6.92 Å². The Morgan fingerprint density at radius 2 is 1.90 bits per heavy atom. The summed E-state index contributed by atoms with van der Waals surface area (Å²) in [7, 11) is 0. The monoisotopic (exact) mass is 353 g/mol. The highest BCUT2D eigenvalue weighted by Crippen LogP contribution is 2.39. The van der Waals surface area contributed by atoms with Crippen LogP contribution in [0.5, 0.6) is 11.5 Å². The minimum Gasteiger partial charge on any atom is -0.445 e. The summed E-state index contributed by atoms with van der Waals surface area (Å²) < 4.78 is 19.5. The highest BCUT2D eigenvalue weighted by atomic mass is 79.9. The van der Waals surface area contributed by atoms with Crippen LogP contribution in [0.4, 0.5) is 10.1 Å². The molecule has 0 bridgehead atoms. The summed E-state index contributed by atoms with van der Waals surface area (Å²) in [4.78, 5) is 21.9. The molecule has 21 heavy (non-hydrogen) atoms. The first-order chi connectivity index (χ1) is 9.91. The van der Waals surface area contributed by atoms with E-state index in [-0.39, 0.29) is 27.2 Å². The number of benzene rings is 2. The summed E-state index contributed by atoms with van der Waals surface area (Å²) in [5.74, 6) is -1.66. The van der Waals surface area contributed by atoms with Gasteiger partial charge in [0.05, 0.1) is 15.0 Å². The normalized spacial score (nSPS) is 10.2. The third-order valence-electron chi connectivity index (χ3n) is 2.69. The number of nitro groups is 1. The number of Topliss-reactive ketones (excluding diaryl/α,β-unsaturated/α-hetero) is 1. The molecule has 0 unspecified atom stereocenters. The molecule has 0 aromatic heterocycles. The van der Waals surface area contributed by atoms with E-state index in [1.165, 1.54) is 37.3 Å². The zero-order chi connectivity index (χ0) is 15.6. The van der Waals surface area contributed by atoms with Gasteiger partial charge in [0.25, 0.3) is 0 Å². The number of ether oxygens (including phenoxy) is 1. The van der Waals surface area contributed by atoms with Crippen molar-refractivity contribution < 1.29 is 18.8 Å². The van der Waals surface area contributed by atoms with Gasteiger partial charge in [-0.25, -0.2) is 4.39 Å². The lowest BCUT2D eigenvalue weighted by atomic mass is 10.1. The van der Waals surface area contributed by atoms with Crippen molar-refractivity contribution >= 4 is 27.4 Å². The van der Waals surface area contributed by atoms with E-state index in [2.05, 4.69) is 15.9 Å². The molecule has 0 radical (unpaired) electrons. The van der Waals surface area contributed by atoms with Crippen molar-refractivity contribution in [1.82, 2.24) is 0 Å². The van der Waals surface area contributed by atoms with E-state index < -0.39 is 16.5 Å². The van der Waals surface area contributed by atoms with Crippen LogP contribution in [0.15, 0.2) is 40.9 Å². The number of hydrogen-bond donors (Lipinski definition) is 0. The fraction of sp³-hybridized carbons (Fsp3) is 0.0714. The average Bonchev–Trinajstić information content (AvgIpc) is 2.42. The second-order valence-corrected chi connectivity index (χ2v) is 4.97. The molecule has 0 amide bonds. The maximum Gasteiger partial charge on any atom is 0.312 e. The summed E-state index contributed by atoms with van der Waals surface area (Å²) in [6.07, 6.45) is 0. The van der Waals surface area contributed by atoms with Gasteiger partial charge in [-0.05, 0) is 41.1 Å². The van der Waals surface area contributed by atoms with E-state index >= 15 is 0 Å². The Labute approximate surface area is 127 Å². The number of nitrogens with zero attached hydrogens (tertiary/aromatic N) is 1. The molecule has 5 nitrogen and oxygen atoms in total. The van der Waals surface area contributed by atoms with Crippen molar-refractivity contribution in [3.05, 3.63) is 62.4 Å². The van der Waals surface area contributed by atoms with Gasteiger partial charge in [0.15, 0.2) is 17.3 Å². The highest BCUT2D eigenvalue weighted by Gasteiger charge is 2.22. The van der Waals surface area contributed by atoms with Crippen LogP contribution < -0.4 is 4.74 Å². The number of halogens is 2. The first-order valence-corrected chi connectivity index (χ1v) is 6.61. The maximum atomic E-state index is 13.9. The first-order valence-electron chi connectivity index (χ1n) is 5.82. The van der Waals surface area contributed by atoms with Crippen molar-refractivity contribution in [3.8, 4) is 11.5 Å². The van der Waals surface area contributed by atoms with Crippen molar-refractivity contribution in [2.75, 3.05) is 0 Å². The van der Waals surface area contributed by atoms with E-state index in [1.54, 1.807) is 0 Å². The van der Waals surface area contributed by atoms with E-state index in [0.717, 1.165) is 6.07 Å². The van der Waals surface area contributed by atoms with Crippen molar-refractivity contribution in [1.29, 1.82) is 0 Å². The number of rotatable bonds is 4. The molecule has 2 aromatic carbocycles. The fourth-order valence-corrected chi connectivity index (χ4v) is 2.17. The Morgan fingerprint density at radius 3 is 2.52 bits per heavy atom. The average molecular weight is 354 g/mol. The summed E-state index contributed by atoms with van der Waals surface area (Å²) in [6.45, 7) is 1.26. The van der Waals surface area contributed by atoms with Gasteiger partial charge >= 0.3 is 5.69 Å². The van der Waals surface area contributed by atoms with Gasteiger partial charge in [-0.1, -0.05) is 12.1 Å². The van der Waals surface area contributed by atoms with E-state index in [4.69, 9.17) is 4.74 Å². The molecular formula is C14H9BrFNO4. The van der Waals surface area contributed by atoms with Crippen molar-refractivity contribution in [3.63, 3.8) is 0 Å². The molecule has 0 fully saturated rings. The third-order valence-corrected chi connectivity index (χ3v) is 3.32. The Morgan fingerprint density at radius 1 is 1.24 bits per heavy atom.